The second kappa shape index (κ2) is 5.52. The normalized spacial score (nSPS) is 10.4. The molecule has 7 heteroatoms. The van der Waals surface area contributed by atoms with Gasteiger partial charge < -0.3 is 9.40 Å². The van der Waals surface area contributed by atoms with Crippen LogP contribution in [0.5, 0.6) is 0 Å². The number of terminal acetylenes is 1. The minimum Gasteiger partial charge on any atom is -0.429 e. The molecule has 0 aliphatic rings. The number of oxazole rings is 1. The average Bonchev–Trinajstić information content (AvgIpc) is 3.11. The van der Waals surface area contributed by atoms with Crippen molar-refractivity contribution in [3.05, 3.63) is 40.2 Å². The first-order chi connectivity index (χ1) is 10.2. The predicted molar refractivity (Wildman–Crippen MR) is 84.0 cm³/mol. The van der Waals surface area contributed by atoms with Crippen molar-refractivity contribution in [1.29, 1.82) is 0 Å². The van der Waals surface area contributed by atoms with Crippen LogP contribution in [0.25, 0.3) is 11.1 Å². The summed E-state index contributed by atoms with van der Waals surface area (Å²) in [5.41, 5.74) is 1.74. The fraction of sp³-hybridized carbons (Fsp3) is 0.0714. The molecule has 2 aromatic heterocycles. The fourth-order valence-electron chi connectivity index (χ4n) is 1.90. The molecule has 0 unspecified atom stereocenters. The Balaban J connectivity index is 2.01. The van der Waals surface area contributed by atoms with Gasteiger partial charge in [0.25, 0.3) is 10.7 Å². The number of H-pyrrole nitrogens is 1. The number of thiazole rings is 1. The van der Waals surface area contributed by atoms with Crippen LogP contribution in [0, 0.1) is 17.2 Å². The lowest BCUT2D eigenvalue weighted by Crippen LogP contribution is -2.31. The second-order valence-electron chi connectivity index (χ2n) is 4.14. The minimum atomic E-state index is -0.230. The maximum Gasteiger partial charge on any atom is 0.266 e. The Bertz CT molecular complexity index is 887. The van der Waals surface area contributed by atoms with Gasteiger partial charge in [0, 0.05) is 17.1 Å². The molecule has 3 aromatic rings. The van der Waals surface area contributed by atoms with Gasteiger partial charge in [0.05, 0.1) is 12.1 Å². The first-order valence-corrected chi connectivity index (χ1v) is 7.25. The van der Waals surface area contributed by atoms with E-state index in [0.29, 0.717) is 16.3 Å². The lowest BCUT2D eigenvalue weighted by Gasteiger charge is -2.16. The number of carbonyl (C=O) groups excluding carboxylic acids is 1. The summed E-state index contributed by atoms with van der Waals surface area (Å²) in [6.07, 6.45) is 6.97. The van der Waals surface area contributed by atoms with Crippen molar-refractivity contribution in [3.63, 3.8) is 0 Å². The third-order valence-electron chi connectivity index (χ3n) is 2.81. The van der Waals surface area contributed by atoms with Crippen molar-refractivity contribution < 1.29 is 9.21 Å². The number of aromatic nitrogens is 2. The molecule has 5 nitrogen and oxygen atoms in total. The van der Waals surface area contributed by atoms with Gasteiger partial charge in [-0.3, -0.25) is 9.69 Å². The van der Waals surface area contributed by atoms with E-state index in [0.717, 1.165) is 5.52 Å². The molecular formula is C14H9N3O2S2. The summed E-state index contributed by atoms with van der Waals surface area (Å²) in [5, 5.41) is 2.35. The summed E-state index contributed by atoms with van der Waals surface area (Å²) < 4.78 is 5.32. The van der Waals surface area contributed by atoms with Crippen molar-refractivity contribution in [2.24, 2.45) is 0 Å². The first kappa shape index (κ1) is 13.5. The standard InChI is InChI=1S/C14H9N3O2S2/c1-2-6-17(13-15-5-7-21-13)12(18)9-3-4-10-11(8-9)19-14(20)16-10/h1,3-5,7-8H,6H2,(H,16,20). The van der Waals surface area contributed by atoms with E-state index < -0.39 is 0 Å². The van der Waals surface area contributed by atoms with Gasteiger partial charge in [0.2, 0.25) is 0 Å². The Morgan fingerprint density at radius 2 is 2.43 bits per heavy atom. The molecule has 104 valence electrons. The Hall–Kier alpha value is -2.43. The van der Waals surface area contributed by atoms with Crippen molar-refractivity contribution in [2.75, 3.05) is 11.4 Å². The molecule has 0 fully saturated rings. The minimum absolute atomic E-state index is 0.154. The zero-order chi connectivity index (χ0) is 14.8. The molecular weight excluding hydrogens is 306 g/mol. The van der Waals surface area contributed by atoms with Crippen LogP contribution in [0.3, 0.4) is 0 Å². The van der Waals surface area contributed by atoms with E-state index in [-0.39, 0.29) is 17.3 Å². The van der Waals surface area contributed by atoms with Crippen LogP contribution in [-0.2, 0) is 0 Å². The van der Waals surface area contributed by atoms with E-state index in [9.17, 15) is 4.79 Å². The van der Waals surface area contributed by atoms with Crippen LogP contribution >= 0.6 is 23.6 Å². The van der Waals surface area contributed by atoms with E-state index in [4.69, 9.17) is 23.1 Å². The highest BCUT2D eigenvalue weighted by atomic mass is 32.1. The average molecular weight is 315 g/mol. The van der Waals surface area contributed by atoms with Gasteiger partial charge in [-0.1, -0.05) is 5.92 Å². The molecule has 1 N–H and O–H groups in total. The smallest absolute Gasteiger partial charge is 0.266 e. The third-order valence-corrected chi connectivity index (χ3v) is 3.79. The second-order valence-corrected chi connectivity index (χ2v) is 5.38. The summed E-state index contributed by atoms with van der Waals surface area (Å²) in [5.74, 6) is 2.24. The zero-order valence-electron chi connectivity index (χ0n) is 10.7. The third kappa shape index (κ3) is 2.59. The molecule has 21 heavy (non-hydrogen) atoms. The molecule has 1 aromatic carbocycles. The summed E-state index contributed by atoms with van der Waals surface area (Å²) in [4.78, 5) is 21.3. The fourth-order valence-corrected chi connectivity index (χ4v) is 2.74. The van der Waals surface area contributed by atoms with Gasteiger partial charge in [-0.25, -0.2) is 4.98 Å². The molecule has 3 rings (SSSR count). The van der Waals surface area contributed by atoms with Crippen LogP contribution in [0.15, 0.2) is 34.2 Å². The lowest BCUT2D eigenvalue weighted by molar-refractivity contribution is 0.0990. The molecule has 0 aliphatic heterocycles. The van der Waals surface area contributed by atoms with Crippen LogP contribution in [0.4, 0.5) is 5.13 Å². The number of carbonyl (C=O) groups is 1. The molecule has 2 heterocycles. The van der Waals surface area contributed by atoms with Crippen LogP contribution in [-0.4, -0.2) is 22.4 Å². The molecule has 0 saturated carbocycles. The quantitative estimate of drug-likeness (QED) is 0.595. The number of aromatic amines is 1. The number of benzene rings is 1. The van der Waals surface area contributed by atoms with Crippen molar-refractivity contribution in [2.45, 2.75) is 0 Å². The number of nitrogens with zero attached hydrogens (tertiary/aromatic N) is 2. The van der Waals surface area contributed by atoms with Gasteiger partial charge in [-0.2, -0.15) is 0 Å². The number of hydrogen-bond donors (Lipinski definition) is 1. The summed E-state index contributed by atoms with van der Waals surface area (Å²) in [6.45, 7) is 0.154. The Kier molecular flexibility index (Phi) is 3.56. The summed E-state index contributed by atoms with van der Waals surface area (Å²) >= 11 is 6.28. The maximum atomic E-state index is 12.6. The lowest BCUT2D eigenvalue weighted by atomic mass is 10.2. The first-order valence-electron chi connectivity index (χ1n) is 5.97. The molecule has 0 atom stereocenters. The number of rotatable bonds is 3. The SMILES string of the molecule is C#CCN(C(=O)c1ccc2[nH]c(=S)oc2c1)c1nccs1. The highest BCUT2D eigenvalue weighted by molar-refractivity contribution is 7.71. The van der Waals surface area contributed by atoms with Crippen molar-refractivity contribution >= 4 is 45.7 Å². The van der Waals surface area contributed by atoms with Gasteiger partial charge in [0.1, 0.15) is 0 Å². The van der Waals surface area contributed by atoms with E-state index >= 15 is 0 Å². The number of amides is 1. The molecule has 0 radical (unpaired) electrons. The number of nitrogens with one attached hydrogen (secondary N) is 1. The van der Waals surface area contributed by atoms with Crippen molar-refractivity contribution in [3.8, 4) is 12.3 Å². The van der Waals surface area contributed by atoms with E-state index in [1.165, 1.54) is 16.2 Å². The molecule has 0 aliphatic carbocycles. The highest BCUT2D eigenvalue weighted by Crippen LogP contribution is 2.22. The molecule has 0 saturated heterocycles. The predicted octanol–water partition coefficient (Wildman–Crippen LogP) is 3.23. The molecule has 0 bridgehead atoms. The van der Waals surface area contributed by atoms with Crippen molar-refractivity contribution in [1.82, 2.24) is 9.97 Å². The van der Waals surface area contributed by atoms with Gasteiger partial charge in [0.15, 0.2) is 10.7 Å². The summed E-state index contributed by atoms with van der Waals surface area (Å²) in [7, 11) is 0. The number of fused-ring (bicyclic) bond motifs is 1. The van der Waals surface area contributed by atoms with E-state index in [1.54, 1.807) is 29.8 Å². The van der Waals surface area contributed by atoms with Gasteiger partial charge in [-0.05, 0) is 30.4 Å². The van der Waals surface area contributed by atoms with Gasteiger partial charge in [-0.15, -0.1) is 17.8 Å². The number of hydrogen-bond acceptors (Lipinski definition) is 5. The maximum absolute atomic E-state index is 12.6. The molecule has 0 spiro atoms. The Labute approximate surface area is 129 Å². The highest BCUT2D eigenvalue weighted by Gasteiger charge is 2.19. The monoisotopic (exact) mass is 315 g/mol. The summed E-state index contributed by atoms with van der Waals surface area (Å²) in [6, 6.07) is 5.08. The Morgan fingerprint density at radius 3 is 3.14 bits per heavy atom. The van der Waals surface area contributed by atoms with Crippen LogP contribution < -0.4 is 4.90 Å². The Morgan fingerprint density at radius 1 is 1.57 bits per heavy atom. The van der Waals surface area contributed by atoms with Gasteiger partial charge >= 0.3 is 0 Å². The van der Waals surface area contributed by atoms with E-state index in [1.807, 2.05) is 0 Å². The zero-order valence-corrected chi connectivity index (χ0v) is 12.3. The number of anilines is 1. The van der Waals surface area contributed by atoms with E-state index in [2.05, 4.69) is 15.9 Å². The van der Waals surface area contributed by atoms with Crippen LogP contribution in [0.1, 0.15) is 10.4 Å². The topological polar surface area (TPSA) is 62.1 Å². The molecule has 1 amide bonds. The van der Waals surface area contributed by atoms with Crippen LogP contribution in [0.2, 0.25) is 0 Å². The largest absolute Gasteiger partial charge is 0.429 e.